The highest BCUT2D eigenvalue weighted by Gasteiger charge is 2.30. The summed E-state index contributed by atoms with van der Waals surface area (Å²) in [6.45, 7) is 15.0. The van der Waals surface area contributed by atoms with E-state index in [2.05, 4.69) is 32.3 Å². The zero-order chi connectivity index (χ0) is 26.8. The lowest BCUT2D eigenvalue weighted by molar-refractivity contribution is 0.281. The average Bonchev–Trinajstić information content (AvgIpc) is 3.28. The Labute approximate surface area is 214 Å². The lowest BCUT2D eigenvalue weighted by atomic mass is 9.85. The third kappa shape index (κ3) is 8.10. The highest BCUT2D eigenvalue weighted by molar-refractivity contribution is 8.17. The van der Waals surface area contributed by atoms with E-state index in [1.54, 1.807) is 33.3 Å². The molecule has 0 spiro atoms. The molecule has 0 bridgehead atoms. The number of nitrogens with zero attached hydrogens (tertiary/aromatic N) is 2. The van der Waals surface area contributed by atoms with E-state index in [9.17, 15) is 18.1 Å². The van der Waals surface area contributed by atoms with Crippen LogP contribution in [0.25, 0.3) is 0 Å². The molecule has 0 aliphatic rings. The fourth-order valence-electron chi connectivity index (χ4n) is 3.17. The molecule has 198 valence electrons. The van der Waals surface area contributed by atoms with Crippen molar-refractivity contribution >= 4 is 32.9 Å². The highest BCUT2D eigenvalue weighted by atomic mass is 32.3. The lowest BCUT2D eigenvalue weighted by Crippen LogP contribution is -2.41. The number of hydrogen-bond acceptors (Lipinski definition) is 8. The van der Waals surface area contributed by atoms with Gasteiger partial charge in [0.15, 0.2) is 4.24 Å². The summed E-state index contributed by atoms with van der Waals surface area (Å²) in [5.74, 6) is 0.529. The van der Waals surface area contributed by atoms with Crippen molar-refractivity contribution in [2.24, 2.45) is 15.4 Å². The molecule has 10 nitrogen and oxygen atoms in total. The number of aromatic nitrogens is 2. The molecule has 1 unspecified atom stereocenters. The van der Waals surface area contributed by atoms with Crippen LogP contribution in [0, 0.1) is 5.41 Å². The topological polar surface area (TPSA) is 159 Å². The monoisotopic (exact) mass is 547 g/mol. The Balaban J connectivity index is 2.55. The van der Waals surface area contributed by atoms with Crippen molar-refractivity contribution in [2.45, 2.75) is 72.9 Å². The molecular weight excluding hydrogens is 510 g/mol. The molecule has 2 aromatic heterocycles. The van der Waals surface area contributed by atoms with Crippen molar-refractivity contribution in [3.05, 3.63) is 44.6 Å². The molecule has 0 aliphatic carbocycles. The third-order valence-corrected chi connectivity index (χ3v) is 8.88. The van der Waals surface area contributed by atoms with E-state index in [1.165, 1.54) is 0 Å². The van der Waals surface area contributed by atoms with Gasteiger partial charge in [-0.1, -0.05) is 34.6 Å². The van der Waals surface area contributed by atoms with Crippen molar-refractivity contribution in [1.82, 2.24) is 13.5 Å². The number of rotatable bonds is 8. The van der Waals surface area contributed by atoms with Gasteiger partial charge in [-0.25, -0.2) is 18.1 Å². The quantitative estimate of drug-likeness (QED) is 0.286. The average molecular weight is 548 g/mol. The number of aliphatic hydroxyl groups is 1. The van der Waals surface area contributed by atoms with E-state index >= 15 is 0 Å². The number of aromatic amines is 2. The summed E-state index contributed by atoms with van der Waals surface area (Å²) in [5.41, 5.74) is 0.384. The van der Waals surface area contributed by atoms with Crippen LogP contribution >= 0.6 is 22.9 Å². The summed E-state index contributed by atoms with van der Waals surface area (Å²) in [6, 6.07) is 1.55. The molecule has 0 saturated heterocycles. The highest BCUT2D eigenvalue weighted by Crippen LogP contribution is 2.37. The maximum Gasteiger partial charge on any atom is 0.250 e. The fourth-order valence-corrected chi connectivity index (χ4v) is 6.46. The van der Waals surface area contributed by atoms with E-state index in [-0.39, 0.29) is 27.2 Å². The van der Waals surface area contributed by atoms with Crippen molar-refractivity contribution < 1.29 is 22.5 Å². The predicted octanol–water partition coefficient (Wildman–Crippen LogP) is 4.18. The van der Waals surface area contributed by atoms with Crippen LogP contribution < -0.4 is 15.7 Å². The minimum absolute atomic E-state index is 0.154. The van der Waals surface area contributed by atoms with Gasteiger partial charge in [-0.05, 0) is 50.0 Å². The largest absolute Gasteiger partial charge is 0.549 e. The smallest absolute Gasteiger partial charge is 0.250 e. The molecule has 2 heterocycles. The lowest BCUT2D eigenvalue weighted by Gasteiger charge is -2.24. The number of aliphatic hydroxyl groups excluding tert-OH is 1. The minimum atomic E-state index is -3.94. The second kappa shape index (κ2) is 11.1. The summed E-state index contributed by atoms with van der Waals surface area (Å²) >= 11 is -0.771. The first-order valence-electron chi connectivity index (χ1n) is 11.1. The van der Waals surface area contributed by atoms with Crippen LogP contribution in [0.1, 0.15) is 78.7 Å². The van der Waals surface area contributed by atoms with Crippen LogP contribution in [0.3, 0.4) is 0 Å². The number of thioether (sulfide) groups is 1. The van der Waals surface area contributed by atoms with Gasteiger partial charge in [-0.15, -0.1) is 11.8 Å². The molecule has 0 aromatic carbocycles. The second-order valence-electron chi connectivity index (χ2n) is 10.6. The number of hydrogen-bond donors (Lipinski definition) is 4. The molecule has 0 saturated carbocycles. The maximum absolute atomic E-state index is 12.7. The number of nitrogens with one attached hydrogen (secondary N) is 3. The van der Waals surface area contributed by atoms with Crippen LogP contribution in [0.4, 0.5) is 0 Å². The van der Waals surface area contributed by atoms with Crippen molar-refractivity contribution in [2.75, 3.05) is 12.8 Å². The standard InChI is InChI=1S/C22H37N5O5S3/c1-13(2)14-10-16(32-12-14)17(21(3,4)5)24-19-18(25-34(29)26-19)23-11-15(28)20(33-9)35(30,31)27-22(6,7)8/h10,12-13,17,27-28H,11H2,1-9H3,(H,23,25)(H,24,26)/b20-15-/t17-,34?/m0/s1. The Morgan fingerprint density at radius 2 is 1.83 bits per heavy atom. The predicted molar refractivity (Wildman–Crippen MR) is 140 cm³/mol. The maximum atomic E-state index is 12.7. The van der Waals surface area contributed by atoms with E-state index in [4.69, 9.17) is 9.41 Å². The van der Waals surface area contributed by atoms with E-state index < -0.39 is 38.5 Å². The Hall–Kier alpha value is -1.80. The molecule has 4 N–H and O–H groups in total. The van der Waals surface area contributed by atoms with Gasteiger partial charge in [0, 0.05) is 5.54 Å². The zero-order valence-corrected chi connectivity index (χ0v) is 24.2. The van der Waals surface area contributed by atoms with E-state index in [1.807, 2.05) is 26.8 Å². The molecule has 35 heavy (non-hydrogen) atoms. The van der Waals surface area contributed by atoms with Crippen molar-refractivity contribution in [3.63, 3.8) is 0 Å². The Kier molecular flexibility index (Phi) is 9.31. The summed E-state index contributed by atoms with van der Waals surface area (Å²) in [5, 5.41) is 10.6. The summed E-state index contributed by atoms with van der Waals surface area (Å²) < 4.78 is 51.1. The Morgan fingerprint density at radius 1 is 1.23 bits per heavy atom. The minimum Gasteiger partial charge on any atom is -0.549 e. The van der Waals surface area contributed by atoms with E-state index in [0.717, 1.165) is 17.3 Å². The Bertz CT molecular complexity index is 1280. The van der Waals surface area contributed by atoms with Gasteiger partial charge in [0.05, 0.1) is 6.26 Å². The molecule has 0 amide bonds. The second-order valence-corrected chi connectivity index (χ2v) is 14.3. The molecule has 0 radical (unpaired) electrons. The van der Waals surface area contributed by atoms with Gasteiger partial charge in [0.25, 0.3) is 10.0 Å². The molecule has 2 rings (SSSR count). The molecule has 2 aromatic rings. The van der Waals surface area contributed by atoms with Crippen LogP contribution in [-0.2, 0) is 10.0 Å². The fraction of sp³-hybridized carbons (Fsp3) is 0.636. The van der Waals surface area contributed by atoms with Gasteiger partial charge < -0.3 is 14.1 Å². The first kappa shape index (κ1) is 29.4. The molecular formula is C22H37N5O5S3. The van der Waals surface area contributed by atoms with Gasteiger partial charge in [0.2, 0.25) is 11.0 Å². The summed E-state index contributed by atoms with van der Waals surface area (Å²) in [4.78, 5) is 9.02. The molecule has 2 atom stereocenters. The summed E-state index contributed by atoms with van der Waals surface area (Å²) in [6.07, 6.45) is 3.27. The van der Waals surface area contributed by atoms with Gasteiger partial charge in [0.1, 0.15) is 35.2 Å². The van der Waals surface area contributed by atoms with Crippen LogP contribution in [0.15, 0.2) is 36.7 Å². The van der Waals surface area contributed by atoms with Gasteiger partial charge in [-0.2, -0.15) is 8.75 Å². The van der Waals surface area contributed by atoms with Crippen LogP contribution in [-0.4, -0.2) is 45.2 Å². The number of sulfonamides is 1. The van der Waals surface area contributed by atoms with Crippen LogP contribution in [0.2, 0.25) is 0 Å². The number of H-pyrrole nitrogens is 2. The Morgan fingerprint density at radius 3 is 2.31 bits per heavy atom. The van der Waals surface area contributed by atoms with Gasteiger partial charge >= 0.3 is 0 Å². The third-order valence-electron chi connectivity index (χ3n) is 4.75. The normalized spacial score (nSPS) is 16.7. The molecule has 13 heteroatoms. The van der Waals surface area contributed by atoms with Gasteiger partial charge in [-0.3, -0.25) is 4.99 Å². The van der Waals surface area contributed by atoms with Crippen molar-refractivity contribution in [3.8, 4) is 0 Å². The van der Waals surface area contributed by atoms with Crippen LogP contribution in [0.5, 0.6) is 0 Å². The van der Waals surface area contributed by atoms with E-state index in [0.29, 0.717) is 11.7 Å². The number of furan rings is 1. The zero-order valence-electron chi connectivity index (χ0n) is 21.7. The summed E-state index contributed by atoms with van der Waals surface area (Å²) in [7, 11) is -3.94. The first-order chi connectivity index (χ1) is 15.9. The van der Waals surface area contributed by atoms with Crippen molar-refractivity contribution in [1.29, 1.82) is 0 Å². The SMILES string of the molecule is CS/C(=C(/O)CN=c1[nH][s+]([O-])[nH]c1=N[C@@H](c1cc(C(C)C)co1)C(C)(C)C)S(=O)(=O)NC(C)(C)C. The molecule has 0 aliphatic heterocycles. The first-order valence-corrected chi connectivity index (χ1v) is 15.0. The molecule has 0 fully saturated rings.